The predicted octanol–water partition coefficient (Wildman–Crippen LogP) is 11.5. The van der Waals surface area contributed by atoms with Gasteiger partial charge in [0.1, 0.15) is 0 Å². The molecule has 0 aromatic heterocycles. The Hall–Kier alpha value is -2.08. The van der Waals surface area contributed by atoms with Crippen molar-refractivity contribution in [2.45, 2.75) is 125 Å². The van der Waals surface area contributed by atoms with E-state index in [0.29, 0.717) is 11.8 Å². The first kappa shape index (κ1) is 28.1. The molecule has 0 N–H and O–H groups in total. The van der Waals surface area contributed by atoms with Gasteiger partial charge in [0, 0.05) is 11.3 Å². The van der Waals surface area contributed by atoms with Gasteiger partial charge >= 0.3 is 0 Å². The van der Waals surface area contributed by atoms with Gasteiger partial charge < -0.3 is 0 Å². The Kier molecular flexibility index (Phi) is 6.28. The molecule has 2 aromatic rings. The van der Waals surface area contributed by atoms with Crippen LogP contribution in [0.5, 0.6) is 0 Å². The smallest absolute Gasteiger partial charge is 0.0204 e. The number of hydrogen-bond acceptors (Lipinski definition) is 0. The van der Waals surface area contributed by atoms with Crippen LogP contribution < -0.4 is 0 Å². The maximum absolute atomic E-state index is 2.73. The predicted molar refractivity (Wildman–Crippen MR) is 173 cm³/mol. The molecule has 4 aliphatic rings. The standard InChI is InChI=1S/C40H54/c1-24(2)40(34-15-13-12-14-28(34)33-22-27(23-35(33)40)39(9,10)11)36-29-18-16-25(37(3,4)5)20-31(29)32-21-26(38(6,7)8)17-19-30(32)36/h16-21,23-24,28,34,36H,12-15,22H2,1-11H3. The molecular weight excluding hydrogens is 480 g/mol. The summed E-state index contributed by atoms with van der Waals surface area (Å²) in [6.45, 7) is 26.6. The molecule has 0 heteroatoms. The minimum atomic E-state index is 0.137. The highest BCUT2D eigenvalue weighted by Crippen LogP contribution is 2.71. The van der Waals surface area contributed by atoms with Crippen LogP contribution in [-0.4, -0.2) is 0 Å². The van der Waals surface area contributed by atoms with Gasteiger partial charge in [0.2, 0.25) is 0 Å². The molecule has 214 valence electrons. The summed E-state index contributed by atoms with van der Waals surface area (Å²) in [5.41, 5.74) is 15.0. The lowest BCUT2D eigenvalue weighted by molar-refractivity contribution is 0.0763. The summed E-state index contributed by atoms with van der Waals surface area (Å²) in [5, 5.41) is 0. The van der Waals surface area contributed by atoms with Crippen LogP contribution in [0, 0.1) is 28.6 Å². The summed E-state index contributed by atoms with van der Waals surface area (Å²) < 4.78 is 0. The van der Waals surface area contributed by atoms with Gasteiger partial charge in [0.15, 0.2) is 0 Å². The molecule has 0 aliphatic heterocycles. The Morgan fingerprint density at radius 3 is 1.70 bits per heavy atom. The van der Waals surface area contributed by atoms with Crippen molar-refractivity contribution in [2.75, 3.05) is 0 Å². The highest BCUT2D eigenvalue weighted by atomic mass is 14.6. The Morgan fingerprint density at radius 1 is 0.700 bits per heavy atom. The van der Waals surface area contributed by atoms with Crippen LogP contribution in [0.25, 0.3) is 11.1 Å². The van der Waals surface area contributed by atoms with Gasteiger partial charge in [0.25, 0.3) is 0 Å². The molecule has 1 saturated carbocycles. The summed E-state index contributed by atoms with van der Waals surface area (Å²) in [6.07, 6.45) is 9.52. The van der Waals surface area contributed by atoms with Gasteiger partial charge in [0.05, 0.1) is 0 Å². The second kappa shape index (κ2) is 8.96. The van der Waals surface area contributed by atoms with Gasteiger partial charge in [-0.3, -0.25) is 0 Å². The van der Waals surface area contributed by atoms with E-state index in [1.165, 1.54) is 54.4 Å². The molecule has 4 aliphatic carbocycles. The van der Waals surface area contributed by atoms with E-state index in [0.717, 1.165) is 11.8 Å². The highest BCUT2D eigenvalue weighted by molar-refractivity contribution is 5.82. The minimum Gasteiger partial charge on any atom is -0.0619 e. The maximum atomic E-state index is 2.73. The zero-order valence-corrected chi connectivity index (χ0v) is 27.4. The largest absolute Gasteiger partial charge is 0.0619 e. The summed E-state index contributed by atoms with van der Waals surface area (Å²) in [6, 6.07) is 15.2. The van der Waals surface area contributed by atoms with E-state index in [1.54, 1.807) is 22.3 Å². The SMILES string of the molecule is CC(C)C1(C2c3ccc(C(C)(C)C)cc3-c3cc(C(C)(C)C)ccc32)C2=C(CC(C(C)(C)C)=C2)C2CCCCC21. The molecule has 0 amide bonds. The van der Waals surface area contributed by atoms with Crippen LogP contribution in [0.2, 0.25) is 0 Å². The van der Waals surface area contributed by atoms with Crippen LogP contribution >= 0.6 is 0 Å². The summed E-state index contributed by atoms with van der Waals surface area (Å²) >= 11 is 0. The Morgan fingerprint density at radius 2 is 1.23 bits per heavy atom. The lowest BCUT2D eigenvalue weighted by Crippen LogP contribution is -2.43. The van der Waals surface area contributed by atoms with E-state index < -0.39 is 0 Å². The van der Waals surface area contributed by atoms with Crippen molar-refractivity contribution in [3.05, 3.63) is 81.4 Å². The molecule has 1 fully saturated rings. The second-order valence-electron chi connectivity index (χ2n) is 17.2. The number of rotatable bonds is 2. The van der Waals surface area contributed by atoms with Gasteiger partial charge in [-0.2, -0.15) is 0 Å². The van der Waals surface area contributed by atoms with Gasteiger partial charge in [-0.15, -0.1) is 0 Å². The van der Waals surface area contributed by atoms with Crippen molar-refractivity contribution in [3.63, 3.8) is 0 Å². The molecule has 3 atom stereocenters. The zero-order chi connectivity index (χ0) is 29.0. The lowest BCUT2D eigenvalue weighted by atomic mass is 9.53. The van der Waals surface area contributed by atoms with E-state index in [-0.39, 0.29) is 21.7 Å². The number of allylic oxidation sites excluding steroid dienone is 4. The average molecular weight is 535 g/mol. The third-order valence-electron chi connectivity index (χ3n) is 11.5. The molecule has 6 rings (SSSR count). The normalized spacial score (nSPS) is 26.6. The fourth-order valence-corrected chi connectivity index (χ4v) is 9.29. The molecule has 2 aromatic carbocycles. The van der Waals surface area contributed by atoms with Gasteiger partial charge in [-0.25, -0.2) is 0 Å². The molecule has 0 radical (unpaired) electrons. The van der Waals surface area contributed by atoms with Crippen molar-refractivity contribution in [3.8, 4) is 11.1 Å². The van der Waals surface area contributed by atoms with Crippen molar-refractivity contribution < 1.29 is 0 Å². The fourth-order valence-electron chi connectivity index (χ4n) is 9.29. The summed E-state index contributed by atoms with van der Waals surface area (Å²) in [5.74, 6) is 2.51. The van der Waals surface area contributed by atoms with Crippen LogP contribution in [0.15, 0.2) is 59.2 Å². The Balaban J connectivity index is 1.65. The van der Waals surface area contributed by atoms with Crippen LogP contribution in [0.1, 0.15) is 136 Å². The third kappa shape index (κ3) is 3.98. The molecule has 0 spiro atoms. The molecule has 40 heavy (non-hydrogen) atoms. The van der Waals surface area contributed by atoms with Crippen LogP contribution in [-0.2, 0) is 10.8 Å². The first-order valence-corrected chi connectivity index (χ1v) is 16.3. The van der Waals surface area contributed by atoms with E-state index in [9.17, 15) is 0 Å². The van der Waals surface area contributed by atoms with Crippen LogP contribution in [0.3, 0.4) is 0 Å². The molecule has 3 unspecified atom stereocenters. The second-order valence-corrected chi connectivity index (χ2v) is 17.2. The molecular formula is C40H54. The summed E-state index contributed by atoms with van der Waals surface area (Å²) in [7, 11) is 0. The molecule has 0 saturated heterocycles. The van der Waals surface area contributed by atoms with E-state index in [1.807, 2.05) is 5.57 Å². The fraction of sp³-hybridized carbons (Fsp3) is 0.600. The van der Waals surface area contributed by atoms with E-state index in [4.69, 9.17) is 0 Å². The lowest BCUT2D eigenvalue weighted by Gasteiger charge is -2.50. The quantitative estimate of drug-likeness (QED) is 0.359. The molecule has 0 heterocycles. The van der Waals surface area contributed by atoms with Crippen LogP contribution in [0.4, 0.5) is 0 Å². The molecule has 0 bridgehead atoms. The van der Waals surface area contributed by atoms with Gasteiger partial charge in [-0.1, -0.05) is 143 Å². The van der Waals surface area contributed by atoms with Crippen molar-refractivity contribution >= 4 is 0 Å². The monoisotopic (exact) mass is 534 g/mol. The minimum absolute atomic E-state index is 0.137. The van der Waals surface area contributed by atoms with Crippen molar-refractivity contribution in [1.29, 1.82) is 0 Å². The van der Waals surface area contributed by atoms with E-state index >= 15 is 0 Å². The first-order chi connectivity index (χ1) is 18.6. The summed E-state index contributed by atoms with van der Waals surface area (Å²) in [4.78, 5) is 0. The van der Waals surface area contributed by atoms with Crippen molar-refractivity contribution in [1.82, 2.24) is 0 Å². The topological polar surface area (TPSA) is 0 Å². The van der Waals surface area contributed by atoms with Gasteiger partial charge in [-0.05, 0) is 92.2 Å². The Labute approximate surface area is 245 Å². The third-order valence-corrected chi connectivity index (χ3v) is 11.5. The zero-order valence-electron chi connectivity index (χ0n) is 27.4. The van der Waals surface area contributed by atoms with E-state index in [2.05, 4.69) is 119 Å². The molecule has 0 nitrogen and oxygen atoms in total. The maximum Gasteiger partial charge on any atom is 0.0204 e. The Bertz CT molecular complexity index is 1340. The van der Waals surface area contributed by atoms with Crippen molar-refractivity contribution in [2.24, 2.45) is 28.6 Å². The first-order valence-electron chi connectivity index (χ1n) is 16.3. The number of benzene rings is 2. The average Bonchev–Trinajstić information content (AvgIpc) is 3.51. The number of fused-ring (bicyclic) bond motifs is 5. The highest BCUT2D eigenvalue weighted by Gasteiger charge is 2.61. The number of hydrogen-bond donors (Lipinski definition) is 0.